The smallest absolute Gasteiger partial charge is 0.340 e. The minimum atomic E-state index is -1.65. The first-order valence-electron chi connectivity index (χ1n) is 14.0. The van der Waals surface area contributed by atoms with Crippen molar-refractivity contribution in [2.75, 3.05) is 0 Å². The van der Waals surface area contributed by atoms with Crippen molar-refractivity contribution in [2.45, 2.75) is 84.7 Å². The molecule has 39 heavy (non-hydrogen) atoms. The zero-order chi connectivity index (χ0) is 28.3. The van der Waals surface area contributed by atoms with Crippen LogP contribution >= 0.6 is 0 Å². The fourth-order valence-corrected chi connectivity index (χ4v) is 6.00. The number of carbonyl (C=O) groups is 2. The van der Waals surface area contributed by atoms with Gasteiger partial charge in [-0.25, -0.2) is 9.59 Å². The predicted molar refractivity (Wildman–Crippen MR) is 151 cm³/mol. The second-order valence-corrected chi connectivity index (χ2v) is 10.4. The van der Waals surface area contributed by atoms with Gasteiger partial charge in [-0.3, -0.25) is 0 Å². The molecule has 3 aromatic rings. The first kappa shape index (κ1) is 28.2. The number of benzene rings is 3. The Morgan fingerprint density at radius 3 is 1.69 bits per heavy atom. The van der Waals surface area contributed by atoms with Gasteiger partial charge < -0.3 is 20.1 Å². The second kappa shape index (κ2) is 11.5. The van der Waals surface area contributed by atoms with Crippen molar-refractivity contribution in [3.63, 3.8) is 0 Å². The van der Waals surface area contributed by atoms with Gasteiger partial charge in [0, 0.05) is 27.8 Å². The summed E-state index contributed by atoms with van der Waals surface area (Å²) < 4.78 is 6.41. The molecule has 0 bridgehead atoms. The van der Waals surface area contributed by atoms with E-state index in [1.54, 1.807) is 24.3 Å². The van der Waals surface area contributed by atoms with Gasteiger partial charge in [-0.05, 0) is 61.1 Å². The van der Waals surface area contributed by atoms with Crippen molar-refractivity contribution in [1.29, 1.82) is 0 Å². The van der Waals surface area contributed by atoms with E-state index in [-0.39, 0.29) is 28.2 Å². The van der Waals surface area contributed by atoms with Crippen LogP contribution in [0.3, 0.4) is 0 Å². The van der Waals surface area contributed by atoms with Crippen LogP contribution in [0.2, 0.25) is 0 Å². The summed E-state index contributed by atoms with van der Waals surface area (Å²) >= 11 is 0. The van der Waals surface area contributed by atoms with Gasteiger partial charge in [0.15, 0.2) is 5.60 Å². The molecule has 3 N–H and O–H groups in total. The van der Waals surface area contributed by atoms with E-state index in [0.717, 1.165) is 24.0 Å². The van der Waals surface area contributed by atoms with E-state index in [9.17, 15) is 24.9 Å². The molecule has 0 fully saturated rings. The Hall–Kier alpha value is -3.80. The average Bonchev–Trinajstić information content (AvgIpc) is 3.20. The van der Waals surface area contributed by atoms with Crippen molar-refractivity contribution in [3.05, 3.63) is 92.5 Å². The molecule has 0 aliphatic carbocycles. The Morgan fingerprint density at radius 1 is 0.769 bits per heavy atom. The number of aromatic carboxylic acids is 1. The van der Waals surface area contributed by atoms with E-state index in [1.807, 2.05) is 39.8 Å². The number of phenols is 2. The van der Waals surface area contributed by atoms with E-state index < -0.39 is 17.5 Å². The first-order valence-corrected chi connectivity index (χ1v) is 14.0. The Balaban J connectivity index is 2.27. The van der Waals surface area contributed by atoms with Crippen LogP contribution in [0.15, 0.2) is 42.5 Å². The minimum Gasteiger partial charge on any atom is -0.508 e. The van der Waals surface area contributed by atoms with Gasteiger partial charge in [-0.15, -0.1) is 0 Å². The van der Waals surface area contributed by atoms with Gasteiger partial charge in [0.2, 0.25) is 0 Å². The van der Waals surface area contributed by atoms with Crippen molar-refractivity contribution in [2.24, 2.45) is 0 Å². The van der Waals surface area contributed by atoms with Crippen LogP contribution in [-0.2, 0) is 36.0 Å². The van der Waals surface area contributed by atoms with Crippen molar-refractivity contribution in [1.82, 2.24) is 0 Å². The summed E-state index contributed by atoms with van der Waals surface area (Å²) in [6.07, 6.45) is 5.48. The summed E-state index contributed by atoms with van der Waals surface area (Å²) in [5, 5.41) is 32.9. The van der Waals surface area contributed by atoms with Crippen LogP contribution in [0.1, 0.15) is 113 Å². The van der Waals surface area contributed by atoms with Crippen LogP contribution in [0.4, 0.5) is 0 Å². The summed E-state index contributed by atoms with van der Waals surface area (Å²) in [4.78, 5) is 26.2. The lowest BCUT2D eigenvalue weighted by Crippen LogP contribution is -2.34. The molecule has 0 amide bonds. The standard InChI is InChI=1S/C33H38O6/c1-5-10-20-16-26(22(12-7-3)28(34)18-20)33(27-17-21(11-6-2)19-29(35)23(27)13-8-4)30-24(31(36)37)14-9-15-25(30)32(38)39-33/h9,14-19,34-35H,5-8,10-13H2,1-4H3,(H,36,37). The molecule has 0 atom stereocenters. The highest BCUT2D eigenvalue weighted by Gasteiger charge is 2.53. The van der Waals surface area contributed by atoms with Crippen molar-refractivity contribution >= 4 is 11.9 Å². The SMILES string of the molecule is CCCc1cc(O)c(CCC)c(C2(c3cc(CCC)cc(O)c3CCC)OC(=O)c3cccc(C(=O)O)c32)c1. The van der Waals surface area contributed by atoms with Crippen molar-refractivity contribution in [3.8, 4) is 11.5 Å². The maximum atomic E-state index is 13.6. The number of esters is 1. The number of cyclic esters (lactones) is 1. The maximum Gasteiger partial charge on any atom is 0.340 e. The maximum absolute atomic E-state index is 13.6. The molecule has 0 saturated heterocycles. The number of aryl methyl sites for hydroxylation is 2. The van der Waals surface area contributed by atoms with E-state index in [0.29, 0.717) is 60.8 Å². The molecule has 1 heterocycles. The summed E-state index contributed by atoms with van der Waals surface area (Å²) in [5.74, 6) is -1.61. The zero-order valence-electron chi connectivity index (χ0n) is 23.3. The number of rotatable bonds is 11. The molecule has 1 aliphatic heterocycles. The Morgan fingerprint density at radius 2 is 1.26 bits per heavy atom. The van der Waals surface area contributed by atoms with E-state index in [2.05, 4.69) is 0 Å². The Bertz CT molecular complexity index is 1340. The van der Waals surface area contributed by atoms with Gasteiger partial charge in [-0.2, -0.15) is 0 Å². The van der Waals surface area contributed by atoms with E-state index in [4.69, 9.17) is 4.74 Å². The number of carboxylic acids is 1. The fraction of sp³-hybridized carbons (Fsp3) is 0.394. The molecular formula is C33H38O6. The molecular weight excluding hydrogens is 492 g/mol. The van der Waals surface area contributed by atoms with E-state index >= 15 is 0 Å². The summed E-state index contributed by atoms with van der Waals surface area (Å²) in [6.45, 7) is 8.10. The lowest BCUT2D eigenvalue weighted by molar-refractivity contribution is 0.0239. The minimum absolute atomic E-state index is 0.0379. The molecule has 0 saturated carbocycles. The van der Waals surface area contributed by atoms with Crippen LogP contribution in [0.25, 0.3) is 0 Å². The molecule has 6 nitrogen and oxygen atoms in total. The number of hydrogen-bond acceptors (Lipinski definition) is 5. The number of ether oxygens (including phenoxy) is 1. The lowest BCUT2D eigenvalue weighted by Gasteiger charge is -2.35. The highest BCUT2D eigenvalue weighted by Crippen LogP contribution is 2.53. The van der Waals surface area contributed by atoms with Crippen LogP contribution in [0, 0.1) is 0 Å². The molecule has 0 radical (unpaired) electrons. The third kappa shape index (κ3) is 4.88. The van der Waals surface area contributed by atoms with Crippen LogP contribution in [-0.4, -0.2) is 27.3 Å². The largest absolute Gasteiger partial charge is 0.508 e. The number of aromatic hydroxyl groups is 2. The third-order valence-electron chi connectivity index (χ3n) is 7.52. The normalized spacial score (nSPS) is 13.8. The Labute approximate surface area is 230 Å². The summed E-state index contributed by atoms with van der Waals surface area (Å²) in [5.41, 5.74) is 2.81. The molecule has 4 rings (SSSR count). The van der Waals surface area contributed by atoms with Gasteiger partial charge in [-0.1, -0.05) is 71.6 Å². The van der Waals surface area contributed by atoms with Crippen molar-refractivity contribution < 1.29 is 29.6 Å². The lowest BCUT2D eigenvalue weighted by atomic mass is 9.72. The molecule has 6 heteroatoms. The number of phenolic OH excluding ortho intramolecular Hbond substituents is 2. The molecule has 206 valence electrons. The highest BCUT2D eigenvalue weighted by atomic mass is 16.6. The highest BCUT2D eigenvalue weighted by molar-refractivity contribution is 6.02. The number of carbonyl (C=O) groups excluding carboxylic acids is 1. The van der Waals surface area contributed by atoms with Crippen LogP contribution < -0.4 is 0 Å². The average molecular weight is 531 g/mol. The first-order chi connectivity index (χ1) is 18.7. The summed E-state index contributed by atoms with van der Waals surface area (Å²) in [7, 11) is 0. The van der Waals surface area contributed by atoms with Gasteiger partial charge >= 0.3 is 11.9 Å². The van der Waals surface area contributed by atoms with Gasteiger partial charge in [0.25, 0.3) is 0 Å². The topological polar surface area (TPSA) is 104 Å². The number of carboxylic acid groups (broad SMARTS) is 1. The fourth-order valence-electron chi connectivity index (χ4n) is 6.00. The second-order valence-electron chi connectivity index (χ2n) is 10.4. The molecule has 0 spiro atoms. The quantitative estimate of drug-likeness (QED) is 0.229. The van der Waals surface area contributed by atoms with Crippen LogP contribution in [0.5, 0.6) is 11.5 Å². The Kier molecular flexibility index (Phi) is 8.34. The number of fused-ring (bicyclic) bond motifs is 1. The monoisotopic (exact) mass is 530 g/mol. The van der Waals surface area contributed by atoms with Gasteiger partial charge in [0.1, 0.15) is 11.5 Å². The molecule has 3 aromatic carbocycles. The van der Waals surface area contributed by atoms with Gasteiger partial charge in [0.05, 0.1) is 11.1 Å². The summed E-state index contributed by atoms with van der Waals surface area (Å²) in [6, 6.07) is 12.0. The predicted octanol–water partition coefficient (Wildman–Crippen LogP) is 7.07. The molecule has 1 aliphatic rings. The molecule has 0 aromatic heterocycles. The zero-order valence-corrected chi connectivity index (χ0v) is 23.3. The van der Waals surface area contributed by atoms with E-state index in [1.165, 1.54) is 6.07 Å². The molecule has 0 unspecified atom stereocenters. The number of hydrogen-bond donors (Lipinski definition) is 3. The third-order valence-corrected chi connectivity index (χ3v) is 7.52.